The van der Waals surface area contributed by atoms with Crippen LogP contribution in [0.2, 0.25) is 0 Å². The zero-order valence-electron chi connectivity index (χ0n) is 10.2. The molecule has 3 nitrogen and oxygen atoms in total. The van der Waals surface area contributed by atoms with Crippen LogP contribution in [0.25, 0.3) is 0 Å². The number of rotatable bonds is 2. The molecule has 92 valence electrons. The standard InChI is InChI=1S/C13H24N2O/c14-12-7-8-15(10-12)13(16)9-11-5-3-1-2-4-6-11/h11-12H,1-10,14H2/t12-/m0/s1. The summed E-state index contributed by atoms with van der Waals surface area (Å²) < 4.78 is 0. The van der Waals surface area contributed by atoms with E-state index in [-0.39, 0.29) is 6.04 Å². The molecule has 0 bridgehead atoms. The van der Waals surface area contributed by atoms with Gasteiger partial charge in [0.1, 0.15) is 0 Å². The molecule has 1 heterocycles. The Balaban J connectivity index is 1.77. The fourth-order valence-corrected chi connectivity index (χ4v) is 2.96. The normalized spacial score (nSPS) is 28.1. The predicted molar refractivity (Wildman–Crippen MR) is 65.0 cm³/mol. The minimum atomic E-state index is 0.220. The second kappa shape index (κ2) is 5.67. The lowest BCUT2D eigenvalue weighted by molar-refractivity contribution is -0.131. The molecule has 1 saturated carbocycles. The van der Waals surface area contributed by atoms with Gasteiger partial charge in [-0.1, -0.05) is 25.7 Å². The highest BCUT2D eigenvalue weighted by molar-refractivity contribution is 5.76. The SMILES string of the molecule is N[C@H]1CCN(C(=O)CC2CCCCCC2)C1. The number of nitrogens with two attached hydrogens (primary N) is 1. The van der Waals surface area contributed by atoms with Crippen LogP contribution in [0.4, 0.5) is 0 Å². The second-order valence-corrected chi connectivity index (χ2v) is 5.45. The van der Waals surface area contributed by atoms with Crippen molar-refractivity contribution >= 4 is 5.91 Å². The van der Waals surface area contributed by atoms with Crippen LogP contribution >= 0.6 is 0 Å². The monoisotopic (exact) mass is 224 g/mol. The van der Waals surface area contributed by atoms with E-state index in [1.165, 1.54) is 38.5 Å². The van der Waals surface area contributed by atoms with Crippen LogP contribution in [-0.2, 0) is 4.79 Å². The van der Waals surface area contributed by atoms with Gasteiger partial charge in [0.15, 0.2) is 0 Å². The lowest BCUT2D eigenvalue weighted by Crippen LogP contribution is -2.32. The van der Waals surface area contributed by atoms with E-state index >= 15 is 0 Å². The van der Waals surface area contributed by atoms with Crippen molar-refractivity contribution in [2.45, 2.75) is 57.4 Å². The van der Waals surface area contributed by atoms with Crippen molar-refractivity contribution in [3.63, 3.8) is 0 Å². The number of hydrogen-bond acceptors (Lipinski definition) is 2. The summed E-state index contributed by atoms with van der Waals surface area (Å²) in [5, 5.41) is 0. The van der Waals surface area contributed by atoms with Crippen LogP contribution in [0.1, 0.15) is 51.4 Å². The van der Waals surface area contributed by atoms with E-state index in [9.17, 15) is 4.79 Å². The summed E-state index contributed by atoms with van der Waals surface area (Å²) in [7, 11) is 0. The summed E-state index contributed by atoms with van der Waals surface area (Å²) in [6.45, 7) is 1.66. The van der Waals surface area contributed by atoms with Gasteiger partial charge in [0.25, 0.3) is 0 Å². The van der Waals surface area contributed by atoms with Crippen molar-refractivity contribution in [2.24, 2.45) is 11.7 Å². The maximum absolute atomic E-state index is 12.0. The van der Waals surface area contributed by atoms with Crippen molar-refractivity contribution in [1.82, 2.24) is 4.90 Å². The van der Waals surface area contributed by atoms with Crippen molar-refractivity contribution in [2.75, 3.05) is 13.1 Å². The minimum Gasteiger partial charge on any atom is -0.341 e. The highest BCUT2D eigenvalue weighted by Gasteiger charge is 2.25. The van der Waals surface area contributed by atoms with Crippen molar-refractivity contribution in [3.05, 3.63) is 0 Å². The van der Waals surface area contributed by atoms with Crippen LogP contribution < -0.4 is 5.73 Å². The molecule has 1 atom stereocenters. The van der Waals surface area contributed by atoms with Gasteiger partial charge in [-0.3, -0.25) is 4.79 Å². The molecule has 1 aliphatic heterocycles. The Morgan fingerprint density at radius 2 is 1.81 bits per heavy atom. The Hall–Kier alpha value is -0.570. The fraction of sp³-hybridized carbons (Fsp3) is 0.923. The maximum Gasteiger partial charge on any atom is 0.222 e. The highest BCUT2D eigenvalue weighted by Crippen LogP contribution is 2.26. The highest BCUT2D eigenvalue weighted by atomic mass is 16.2. The number of carbonyl (C=O) groups is 1. The molecule has 16 heavy (non-hydrogen) atoms. The molecule has 0 aromatic carbocycles. The Morgan fingerprint density at radius 1 is 1.12 bits per heavy atom. The molecule has 3 heteroatoms. The first-order chi connectivity index (χ1) is 7.75. The average Bonchev–Trinajstić information content (AvgIpc) is 2.54. The molecule has 2 N–H and O–H groups in total. The molecule has 2 aliphatic rings. The summed E-state index contributed by atoms with van der Waals surface area (Å²) in [5.41, 5.74) is 5.83. The van der Waals surface area contributed by atoms with Gasteiger partial charge in [-0.05, 0) is 25.2 Å². The second-order valence-electron chi connectivity index (χ2n) is 5.45. The van der Waals surface area contributed by atoms with Crippen molar-refractivity contribution in [1.29, 1.82) is 0 Å². The molecular formula is C13H24N2O. The van der Waals surface area contributed by atoms with Gasteiger partial charge in [-0.2, -0.15) is 0 Å². The third-order valence-corrected chi connectivity index (χ3v) is 4.02. The molecular weight excluding hydrogens is 200 g/mol. The Bertz CT molecular complexity index is 234. The zero-order valence-corrected chi connectivity index (χ0v) is 10.2. The van der Waals surface area contributed by atoms with Crippen LogP contribution in [-0.4, -0.2) is 29.9 Å². The minimum absolute atomic E-state index is 0.220. The zero-order chi connectivity index (χ0) is 11.4. The van der Waals surface area contributed by atoms with Crippen LogP contribution in [0.15, 0.2) is 0 Å². The third-order valence-electron chi connectivity index (χ3n) is 4.02. The van der Waals surface area contributed by atoms with E-state index in [1.54, 1.807) is 0 Å². The van der Waals surface area contributed by atoms with Gasteiger partial charge in [0.2, 0.25) is 5.91 Å². The molecule has 0 radical (unpaired) electrons. The van der Waals surface area contributed by atoms with Crippen molar-refractivity contribution in [3.8, 4) is 0 Å². The summed E-state index contributed by atoms with van der Waals surface area (Å²) in [6.07, 6.45) is 9.62. The van der Waals surface area contributed by atoms with E-state index in [4.69, 9.17) is 5.73 Å². The summed E-state index contributed by atoms with van der Waals surface area (Å²) >= 11 is 0. The third kappa shape index (κ3) is 3.21. The Labute approximate surface area is 98.4 Å². The smallest absolute Gasteiger partial charge is 0.222 e. The van der Waals surface area contributed by atoms with E-state index in [1.807, 2.05) is 4.90 Å². The first kappa shape index (κ1) is 11.9. The molecule has 0 aromatic heterocycles. The predicted octanol–water partition coefficient (Wildman–Crippen LogP) is 1.91. The van der Waals surface area contributed by atoms with Crippen LogP contribution in [0.3, 0.4) is 0 Å². The van der Waals surface area contributed by atoms with Gasteiger partial charge in [-0.15, -0.1) is 0 Å². The molecule has 0 aromatic rings. The van der Waals surface area contributed by atoms with Crippen molar-refractivity contribution < 1.29 is 4.79 Å². The van der Waals surface area contributed by atoms with Gasteiger partial charge < -0.3 is 10.6 Å². The molecule has 1 aliphatic carbocycles. The Kier molecular flexibility index (Phi) is 4.22. The lowest BCUT2D eigenvalue weighted by atomic mass is 9.96. The number of nitrogens with zero attached hydrogens (tertiary/aromatic N) is 1. The maximum atomic E-state index is 12.0. The average molecular weight is 224 g/mol. The topological polar surface area (TPSA) is 46.3 Å². The molecule has 0 unspecified atom stereocenters. The summed E-state index contributed by atoms with van der Waals surface area (Å²) in [6, 6.07) is 0.220. The van der Waals surface area contributed by atoms with E-state index in [0.29, 0.717) is 11.8 Å². The number of likely N-dealkylation sites (tertiary alicyclic amines) is 1. The largest absolute Gasteiger partial charge is 0.341 e. The van der Waals surface area contributed by atoms with Gasteiger partial charge in [0, 0.05) is 25.6 Å². The lowest BCUT2D eigenvalue weighted by Gasteiger charge is -2.20. The number of amides is 1. The molecule has 1 saturated heterocycles. The summed E-state index contributed by atoms with van der Waals surface area (Å²) in [5.74, 6) is 0.992. The molecule has 2 rings (SSSR count). The molecule has 0 spiro atoms. The summed E-state index contributed by atoms with van der Waals surface area (Å²) in [4.78, 5) is 14.0. The quantitative estimate of drug-likeness (QED) is 0.728. The van der Waals surface area contributed by atoms with Crippen LogP contribution in [0, 0.1) is 5.92 Å². The van der Waals surface area contributed by atoms with E-state index < -0.39 is 0 Å². The first-order valence-corrected chi connectivity index (χ1v) is 6.79. The fourth-order valence-electron chi connectivity index (χ4n) is 2.96. The number of hydrogen-bond donors (Lipinski definition) is 1. The van der Waals surface area contributed by atoms with Gasteiger partial charge in [-0.25, -0.2) is 0 Å². The van der Waals surface area contributed by atoms with E-state index in [0.717, 1.165) is 25.9 Å². The number of carbonyl (C=O) groups excluding carboxylic acids is 1. The van der Waals surface area contributed by atoms with Crippen LogP contribution in [0.5, 0.6) is 0 Å². The van der Waals surface area contributed by atoms with E-state index in [2.05, 4.69) is 0 Å². The Morgan fingerprint density at radius 3 is 2.38 bits per heavy atom. The first-order valence-electron chi connectivity index (χ1n) is 6.79. The van der Waals surface area contributed by atoms with Gasteiger partial charge in [0.05, 0.1) is 0 Å². The van der Waals surface area contributed by atoms with Gasteiger partial charge >= 0.3 is 0 Å². The molecule has 1 amide bonds. The molecule has 2 fully saturated rings.